The van der Waals surface area contributed by atoms with E-state index < -0.39 is 29.7 Å². The summed E-state index contributed by atoms with van der Waals surface area (Å²) < 4.78 is 5.36. The number of fused-ring (bicyclic) bond motifs is 1. The Bertz CT molecular complexity index is 1010. The van der Waals surface area contributed by atoms with Gasteiger partial charge in [0.2, 0.25) is 5.91 Å². The molecule has 33 heavy (non-hydrogen) atoms. The Kier molecular flexibility index (Phi) is 7.68. The van der Waals surface area contributed by atoms with Crippen LogP contribution < -0.4 is 10.2 Å². The van der Waals surface area contributed by atoms with Gasteiger partial charge in [0.05, 0.1) is 12.2 Å². The molecule has 1 aliphatic heterocycles. The van der Waals surface area contributed by atoms with Crippen LogP contribution in [0.5, 0.6) is 0 Å². The van der Waals surface area contributed by atoms with E-state index in [9.17, 15) is 14.4 Å². The normalized spacial score (nSPS) is 16.9. The summed E-state index contributed by atoms with van der Waals surface area (Å²) in [6, 6.07) is 16.0. The Hall–Kier alpha value is -3.00. The Morgan fingerprint density at radius 2 is 1.79 bits per heavy atom. The van der Waals surface area contributed by atoms with Gasteiger partial charge in [-0.15, -0.1) is 11.8 Å². The van der Waals surface area contributed by atoms with Gasteiger partial charge in [-0.3, -0.25) is 14.5 Å². The number of hydrogen-bond acceptors (Lipinski definition) is 5. The monoisotopic (exact) mass is 469 g/mol. The summed E-state index contributed by atoms with van der Waals surface area (Å²) in [6.07, 6.45) is -0.593. The quantitative estimate of drug-likeness (QED) is 0.714. The number of benzene rings is 2. The third-order valence-electron chi connectivity index (χ3n) is 5.27. The predicted octanol–water partition coefficient (Wildman–Crippen LogP) is 4.07. The van der Waals surface area contributed by atoms with E-state index in [2.05, 4.69) is 5.32 Å². The van der Waals surface area contributed by atoms with Crippen molar-refractivity contribution in [2.75, 3.05) is 17.7 Å². The second-order valence-electron chi connectivity index (χ2n) is 9.02. The number of hydrogen-bond donors (Lipinski definition) is 1. The molecule has 2 atom stereocenters. The fourth-order valence-electron chi connectivity index (χ4n) is 3.35. The number of rotatable bonds is 5. The van der Waals surface area contributed by atoms with E-state index >= 15 is 0 Å². The smallest absolute Gasteiger partial charge is 0.410 e. The molecule has 0 aliphatic carbocycles. The van der Waals surface area contributed by atoms with Crippen LogP contribution in [0.4, 0.5) is 10.5 Å². The molecule has 7 nitrogen and oxygen atoms in total. The second-order valence-corrected chi connectivity index (χ2v) is 10.1. The number of ether oxygens (including phenoxy) is 1. The van der Waals surface area contributed by atoms with E-state index in [1.807, 2.05) is 54.6 Å². The molecule has 2 aromatic carbocycles. The van der Waals surface area contributed by atoms with E-state index in [1.54, 1.807) is 32.6 Å². The van der Waals surface area contributed by atoms with Crippen molar-refractivity contribution in [1.82, 2.24) is 10.2 Å². The average Bonchev–Trinajstić information content (AvgIpc) is 2.90. The van der Waals surface area contributed by atoms with E-state index in [-0.39, 0.29) is 5.91 Å². The van der Waals surface area contributed by atoms with Crippen LogP contribution in [0, 0.1) is 0 Å². The van der Waals surface area contributed by atoms with Crippen LogP contribution in [0.1, 0.15) is 33.3 Å². The summed E-state index contributed by atoms with van der Waals surface area (Å²) in [5, 5.41) is 2.86. The molecule has 0 saturated heterocycles. The molecule has 0 aromatic heterocycles. The number of nitrogens with one attached hydrogen (secondary N) is 1. The molecule has 0 fully saturated rings. The van der Waals surface area contributed by atoms with Crippen LogP contribution >= 0.6 is 11.8 Å². The van der Waals surface area contributed by atoms with Crippen molar-refractivity contribution in [2.45, 2.75) is 56.8 Å². The van der Waals surface area contributed by atoms with Gasteiger partial charge < -0.3 is 15.0 Å². The van der Waals surface area contributed by atoms with Gasteiger partial charge in [-0.1, -0.05) is 42.5 Å². The minimum Gasteiger partial charge on any atom is -0.444 e. The van der Waals surface area contributed by atoms with E-state index in [1.165, 1.54) is 23.7 Å². The van der Waals surface area contributed by atoms with Gasteiger partial charge in [0.1, 0.15) is 17.7 Å². The molecule has 3 amide bonds. The molecule has 0 saturated carbocycles. The fourth-order valence-corrected chi connectivity index (χ4v) is 4.42. The van der Waals surface area contributed by atoms with E-state index in [0.717, 1.165) is 16.1 Å². The first kappa shape index (κ1) is 24.6. The molecule has 8 heteroatoms. The number of anilines is 1. The zero-order chi connectivity index (χ0) is 24.2. The van der Waals surface area contributed by atoms with Crippen molar-refractivity contribution >= 4 is 35.4 Å². The molecule has 176 valence electrons. The summed E-state index contributed by atoms with van der Waals surface area (Å²) in [5.41, 5.74) is 1.15. The van der Waals surface area contributed by atoms with Gasteiger partial charge in [-0.2, -0.15) is 0 Å². The molecular formula is C25H31N3O4S. The van der Waals surface area contributed by atoms with Crippen LogP contribution in [-0.4, -0.2) is 53.3 Å². The maximum absolute atomic E-state index is 13.6. The van der Waals surface area contributed by atoms with Gasteiger partial charge in [0, 0.05) is 17.7 Å². The summed E-state index contributed by atoms with van der Waals surface area (Å²) >= 11 is 1.53. The molecule has 1 heterocycles. The molecular weight excluding hydrogens is 438 g/mol. The summed E-state index contributed by atoms with van der Waals surface area (Å²) in [5.74, 6) is -0.194. The van der Waals surface area contributed by atoms with Gasteiger partial charge in [0.15, 0.2) is 0 Å². The number of amides is 3. The Balaban J connectivity index is 1.77. The number of para-hydroxylation sites is 1. The van der Waals surface area contributed by atoms with Gasteiger partial charge in [-0.25, -0.2) is 4.79 Å². The minimum atomic E-state index is -0.800. The zero-order valence-electron chi connectivity index (χ0n) is 19.7. The third-order valence-corrected chi connectivity index (χ3v) is 6.42. The topological polar surface area (TPSA) is 79.0 Å². The second kappa shape index (κ2) is 10.3. The first-order chi connectivity index (χ1) is 15.6. The molecule has 1 unspecified atom stereocenters. The van der Waals surface area contributed by atoms with Crippen molar-refractivity contribution in [1.29, 1.82) is 0 Å². The maximum Gasteiger partial charge on any atom is 0.410 e. The molecule has 1 aliphatic rings. The lowest BCUT2D eigenvalue weighted by atomic mass is 10.1. The lowest BCUT2D eigenvalue weighted by Gasteiger charge is -2.30. The van der Waals surface area contributed by atoms with Crippen molar-refractivity contribution < 1.29 is 19.1 Å². The van der Waals surface area contributed by atoms with E-state index in [0.29, 0.717) is 12.3 Å². The van der Waals surface area contributed by atoms with Crippen LogP contribution in [0.25, 0.3) is 0 Å². The predicted molar refractivity (Wildman–Crippen MR) is 130 cm³/mol. The Morgan fingerprint density at radius 3 is 2.45 bits per heavy atom. The molecule has 3 rings (SSSR count). The van der Waals surface area contributed by atoms with Crippen LogP contribution in [-0.2, 0) is 20.9 Å². The van der Waals surface area contributed by atoms with Crippen LogP contribution in [0.3, 0.4) is 0 Å². The molecule has 1 N–H and O–H groups in total. The van der Waals surface area contributed by atoms with Crippen LogP contribution in [0.15, 0.2) is 59.5 Å². The highest BCUT2D eigenvalue weighted by atomic mass is 32.2. The van der Waals surface area contributed by atoms with Crippen molar-refractivity contribution in [2.24, 2.45) is 0 Å². The fraction of sp³-hybridized carbons (Fsp3) is 0.400. The minimum absolute atomic E-state index is 0.184. The molecule has 0 radical (unpaired) electrons. The standard InChI is InChI=1S/C25H31N3O4S/c1-17(27(5)24(31)32-25(2,3)4)22(29)26-19-16-33-21-14-10-9-13-20(21)28(23(19)30)15-18-11-7-6-8-12-18/h6-14,17,19H,15-16H2,1-5H3,(H,26,29)/t17-,19?/m0/s1. The highest BCUT2D eigenvalue weighted by Gasteiger charge is 2.34. The first-order valence-corrected chi connectivity index (χ1v) is 11.9. The highest BCUT2D eigenvalue weighted by molar-refractivity contribution is 7.99. The van der Waals surface area contributed by atoms with Gasteiger partial charge in [0.25, 0.3) is 5.91 Å². The van der Waals surface area contributed by atoms with Crippen molar-refractivity contribution in [3.8, 4) is 0 Å². The van der Waals surface area contributed by atoms with Gasteiger partial charge in [-0.05, 0) is 45.4 Å². The number of carbonyl (C=O) groups excluding carboxylic acids is 3. The summed E-state index contributed by atoms with van der Waals surface area (Å²) in [7, 11) is 1.51. The Labute approximate surface area is 199 Å². The first-order valence-electron chi connectivity index (χ1n) is 10.9. The highest BCUT2D eigenvalue weighted by Crippen LogP contribution is 2.35. The number of thioether (sulfide) groups is 1. The number of likely N-dealkylation sites (N-methyl/N-ethyl adjacent to an activating group) is 1. The lowest BCUT2D eigenvalue weighted by molar-refractivity contribution is -0.129. The van der Waals surface area contributed by atoms with Crippen molar-refractivity contribution in [3.63, 3.8) is 0 Å². The molecule has 0 bridgehead atoms. The average molecular weight is 470 g/mol. The van der Waals surface area contributed by atoms with E-state index in [4.69, 9.17) is 4.74 Å². The maximum atomic E-state index is 13.6. The molecule has 0 spiro atoms. The SMILES string of the molecule is C[C@@H](C(=O)NC1CSc2ccccc2N(Cc2ccccc2)C1=O)N(C)C(=O)OC(C)(C)C. The van der Waals surface area contributed by atoms with Crippen molar-refractivity contribution in [3.05, 3.63) is 60.2 Å². The third kappa shape index (κ3) is 6.28. The van der Waals surface area contributed by atoms with Crippen LogP contribution in [0.2, 0.25) is 0 Å². The molecule has 2 aromatic rings. The van der Waals surface area contributed by atoms with Gasteiger partial charge >= 0.3 is 6.09 Å². The number of carbonyl (C=O) groups is 3. The summed E-state index contributed by atoms with van der Waals surface area (Å²) in [6.45, 7) is 7.32. The lowest BCUT2D eigenvalue weighted by Crippen LogP contribution is -2.54. The zero-order valence-corrected chi connectivity index (χ0v) is 20.5. The summed E-state index contributed by atoms with van der Waals surface area (Å²) in [4.78, 5) is 42.8. The largest absolute Gasteiger partial charge is 0.444 e. The number of nitrogens with zero attached hydrogens (tertiary/aromatic N) is 2. The Morgan fingerprint density at radius 1 is 1.15 bits per heavy atom.